The van der Waals surface area contributed by atoms with Gasteiger partial charge in [0.05, 0.1) is 30.7 Å². The third-order valence-corrected chi connectivity index (χ3v) is 5.34. The second-order valence-corrected chi connectivity index (χ2v) is 7.03. The summed E-state index contributed by atoms with van der Waals surface area (Å²) in [4.78, 5) is 21.6. The summed E-state index contributed by atoms with van der Waals surface area (Å²) < 4.78 is 5.24. The number of aliphatic hydroxyl groups is 1. The van der Waals surface area contributed by atoms with Gasteiger partial charge in [-0.25, -0.2) is 15.0 Å². The van der Waals surface area contributed by atoms with Crippen molar-refractivity contribution in [2.24, 2.45) is 0 Å². The van der Waals surface area contributed by atoms with Gasteiger partial charge in [-0.1, -0.05) is 0 Å². The van der Waals surface area contributed by atoms with Crippen LogP contribution in [0.3, 0.4) is 0 Å². The fraction of sp³-hybridized carbons (Fsp3) is 0.300. The second-order valence-electron chi connectivity index (χ2n) is 7.03. The Morgan fingerprint density at radius 1 is 1.21 bits per heavy atom. The molecule has 1 unspecified atom stereocenters. The van der Waals surface area contributed by atoms with E-state index in [1.54, 1.807) is 31.9 Å². The van der Waals surface area contributed by atoms with Crippen LogP contribution in [0.15, 0.2) is 49.1 Å². The Labute approximate surface area is 168 Å². The van der Waals surface area contributed by atoms with Gasteiger partial charge >= 0.3 is 0 Å². The van der Waals surface area contributed by atoms with Crippen LogP contribution in [-0.4, -0.2) is 57.6 Å². The number of methoxy groups -OCH3 is 1. The van der Waals surface area contributed by atoms with Crippen LogP contribution in [0.1, 0.15) is 6.42 Å². The maximum absolute atomic E-state index is 11.0. The zero-order valence-corrected chi connectivity index (χ0v) is 15.9. The Hall–Kier alpha value is -3.46. The van der Waals surface area contributed by atoms with Crippen molar-refractivity contribution in [3.05, 3.63) is 49.1 Å². The molecule has 9 heteroatoms. The smallest absolute Gasteiger partial charge is 0.213 e. The number of hydrogen-bond donors (Lipinski definition) is 2. The average Bonchev–Trinajstić information content (AvgIpc) is 3.18. The van der Waals surface area contributed by atoms with Gasteiger partial charge < -0.3 is 25.0 Å². The van der Waals surface area contributed by atoms with Gasteiger partial charge in [0.25, 0.3) is 0 Å². The van der Waals surface area contributed by atoms with Crippen LogP contribution < -0.4 is 19.9 Å². The molecule has 3 aromatic heterocycles. The number of nitrogens with one attached hydrogen (secondary N) is 1. The number of nitrogens with zero attached hydrogens (tertiary/aromatic N) is 6. The van der Waals surface area contributed by atoms with E-state index < -0.39 is 6.35 Å². The molecule has 2 aliphatic rings. The Bertz CT molecular complexity index is 1020. The molecule has 0 saturated carbocycles. The Morgan fingerprint density at radius 3 is 2.97 bits per heavy atom. The van der Waals surface area contributed by atoms with E-state index >= 15 is 0 Å². The fourth-order valence-corrected chi connectivity index (χ4v) is 3.97. The molecule has 1 fully saturated rings. The van der Waals surface area contributed by atoms with Crippen LogP contribution in [0, 0.1) is 0 Å². The highest BCUT2D eigenvalue weighted by molar-refractivity contribution is 5.76. The number of pyridine rings is 2. The number of ether oxygens (including phenoxy) is 1. The second kappa shape index (κ2) is 7.17. The van der Waals surface area contributed by atoms with Gasteiger partial charge in [0.2, 0.25) is 12.2 Å². The predicted octanol–water partition coefficient (Wildman–Crippen LogP) is 1.73. The van der Waals surface area contributed by atoms with Gasteiger partial charge in [0.1, 0.15) is 5.82 Å². The highest BCUT2D eigenvalue weighted by Crippen LogP contribution is 2.41. The Kier molecular flexibility index (Phi) is 4.36. The lowest BCUT2D eigenvalue weighted by Crippen LogP contribution is -2.51. The van der Waals surface area contributed by atoms with E-state index in [1.165, 1.54) is 0 Å². The van der Waals surface area contributed by atoms with Crippen LogP contribution in [0.25, 0.3) is 11.3 Å². The summed E-state index contributed by atoms with van der Waals surface area (Å²) in [5, 5.41) is 14.0. The van der Waals surface area contributed by atoms with Crippen molar-refractivity contribution in [1.82, 2.24) is 19.9 Å². The zero-order valence-electron chi connectivity index (χ0n) is 15.9. The number of rotatable bonds is 5. The molecular formula is C20H21N7O2. The van der Waals surface area contributed by atoms with Crippen molar-refractivity contribution in [2.45, 2.75) is 18.8 Å². The number of aromatic nitrogens is 4. The minimum absolute atomic E-state index is 0.163. The van der Waals surface area contributed by atoms with Gasteiger partial charge in [-0.15, -0.1) is 0 Å². The SMILES string of the molecule is COc1cc(-c2ccc3c(n2)N(C(O)Nc2cnccn2)[C@H]2CCN3C2)ccn1. The number of hydrogen-bond acceptors (Lipinski definition) is 9. The van der Waals surface area contributed by atoms with Crippen molar-refractivity contribution < 1.29 is 9.84 Å². The highest BCUT2D eigenvalue weighted by atomic mass is 16.5. The fourth-order valence-electron chi connectivity index (χ4n) is 3.97. The van der Waals surface area contributed by atoms with Crippen molar-refractivity contribution in [1.29, 1.82) is 0 Å². The van der Waals surface area contributed by atoms with Crippen molar-refractivity contribution in [2.75, 3.05) is 35.3 Å². The largest absolute Gasteiger partial charge is 0.481 e. The molecule has 29 heavy (non-hydrogen) atoms. The normalized spacial score (nSPS) is 18.3. The lowest BCUT2D eigenvalue weighted by Gasteiger charge is -2.40. The first-order valence-electron chi connectivity index (χ1n) is 9.48. The molecule has 0 aliphatic carbocycles. The molecule has 5 heterocycles. The standard InChI is InChI=1S/C20H21N7O2/c1-29-18-10-13(4-6-23-18)15-2-3-16-19(24-15)27(14-5-9-26(16)12-14)20(28)25-17-11-21-7-8-22-17/h2-4,6-8,10-11,14,20,28H,5,9,12H2,1H3,(H,22,25)/t14-,20?/m0/s1. The highest BCUT2D eigenvalue weighted by Gasteiger charge is 2.40. The van der Waals surface area contributed by atoms with Crippen LogP contribution in [-0.2, 0) is 0 Å². The van der Waals surface area contributed by atoms with Gasteiger partial charge in [-0.3, -0.25) is 4.98 Å². The number of anilines is 3. The summed E-state index contributed by atoms with van der Waals surface area (Å²) in [5.41, 5.74) is 2.72. The van der Waals surface area contributed by atoms with E-state index in [1.807, 2.05) is 23.1 Å². The summed E-state index contributed by atoms with van der Waals surface area (Å²) >= 11 is 0. The van der Waals surface area contributed by atoms with Crippen molar-refractivity contribution in [3.63, 3.8) is 0 Å². The monoisotopic (exact) mass is 391 g/mol. The molecule has 1 saturated heterocycles. The molecule has 0 aromatic carbocycles. The lowest BCUT2D eigenvalue weighted by molar-refractivity contribution is 0.184. The molecule has 2 N–H and O–H groups in total. The third-order valence-electron chi connectivity index (χ3n) is 5.34. The molecule has 0 amide bonds. The lowest BCUT2D eigenvalue weighted by atomic mass is 10.1. The van der Waals surface area contributed by atoms with Crippen LogP contribution in [0.2, 0.25) is 0 Å². The molecule has 148 valence electrons. The first kappa shape index (κ1) is 17.6. The molecule has 2 aliphatic heterocycles. The molecule has 5 rings (SSSR count). The summed E-state index contributed by atoms with van der Waals surface area (Å²) in [6, 6.07) is 7.97. The van der Waals surface area contributed by atoms with Crippen LogP contribution in [0.4, 0.5) is 17.3 Å². The topological polar surface area (TPSA) is 99.5 Å². The molecule has 2 atom stereocenters. The van der Waals surface area contributed by atoms with Gasteiger partial charge in [-0.05, 0) is 24.6 Å². The molecule has 3 aromatic rings. The van der Waals surface area contributed by atoms with E-state index in [4.69, 9.17) is 9.72 Å². The van der Waals surface area contributed by atoms with E-state index in [0.717, 1.165) is 42.3 Å². The molecule has 2 bridgehead atoms. The molecule has 0 spiro atoms. The molecular weight excluding hydrogens is 370 g/mol. The Morgan fingerprint density at radius 2 is 2.14 bits per heavy atom. The van der Waals surface area contributed by atoms with E-state index in [2.05, 4.69) is 31.2 Å². The quantitative estimate of drug-likeness (QED) is 0.630. The summed E-state index contributed by atoms with van der Waals surface area (Å²) in [5.74, 6) is 1.79. The van der Waals surface area contributed by atoms with Gasteiger partial charge in [-0.2, -0.15) is 0 Å². The average molecular weight is 391 g/mol. The minimum atomic E-state index is -0.967. The van der Waals surface area contributed by atoms with Crippen molar-refractivity contribution >= 4 is 17.3 Å². The van der Waals surface area contributed by atoms with Crippen molar-refractivity contribution in [3.8, 4) is 17.1 Å². The summed E-state index contributed by atoms with van der Waals surface area (Å²) in [7, 11) is 1.59. The third kappa shape index (κ3) is 3.19. The summed E-state index contributed by atoms with van der Waals surface area (Å²) in [6.07, 6.45) is 6.45. The van der Waals surface area contributed by atoms with Crippen LogP contribution >= 0.6 is 0 Å². The minimum Gasteiger partial charge on any atom is -0.481 e. The number of fused-ring (bicyclic) bond motifs is 4. The molecule has 9 nitrogen and oxygen atoms in total. The van der Waals surface area contributed by atoms with E-state index in [9.17, 15) is 5.11 Å². The maximum atomic E-state index is 11.0. The first-order valence-corrected chi connectivity index (χ1v) is 9.48. The van der Waals surface area contributed by atoms with E-state index in [0.29, 0.717) is 11.7 Å². The number of aliphatic hydroxyl groups excluding tert-OH is 1. The summed E-state index contributed by atoms with van der Waals surface area (Å²) in [6.45, 7) is 1.80. The first-order chi connectivity index (χ1) is 14.2. The van der Waals surface area contributed by atoms with Gasteiger partial charge in [0, 0.05) is 43.3 Å². The zero-order chi connectivity index (χ0) is 19.8. The predicted molar refractivity (Wildman–Crippen MR) is 109 cm³/mol. The Balaban J connectivity index is 1.53. The molecule has 0 radical (unpaired) electrons. The van der Waals surface area contributed by atoms with Crippen LogP contribution in [0.5, 0.6) is 5.88 Å². The maximum Gasteiger partial charge on any atom is 0.213 e. The van der Waals surface area contributed by atoms with Gasteiger partial charge in [0.15, 0.2) is 5.82 Å². The van der Waals surface area contributed by atoms with E-state index in [-0.39, 0.29) is 6.04 Å².